The topological polar surface area (TPSA) is 81.4 Å². The van der Waals surface area contributed by atoms with Crippen LogP contribution in [0.2, 0.25) is 0 Å². The molecule has 5 nitrogen and oxygen atoms in total. The molecular formula is C17H27ClN2O3. The Labute approximate surface area is 144 Å². The number of carbonyl (C=O) groups is 2. The highest BCUT2D eigenvalue weighted by Gasteiger charge is 2.37. The Bertz CT molecular complexity index is 510. The van der Waals surface area contributed by atoms with Gasteiger partial charge in [0.05, 0.1) is 13.0 Å². The number of esters is 1. The summed E-state index contributed by atoms with van der Waals surface area (Å²) in [6.45, 7) is 5.39. The van der Waals surface area contributed by atoms with Gasteiger partial charge in [-0.15, -0.1) is 12.4 Å². The number of carbonyl (C=O) groups excluding carboxylic acids is 2. The molecule has 0 fully saturated rings. The zero-order valence-electron chi connectivity index (χ0n) is 14.2. The lowest BCUT2D eigenvalue weighted by atomic mass is 9.91. The molecule has 23 heavy (non-hydrogen) atoms. The molecule has 0 aliphatic carbocycles. The van der Waals surface area contributed by atoms with E-state index in [0.29, 0.717) is 6.42 Å². The van der Waals surface area contributed by atoms with Crippen LogP contribution in [0.5, 0.6) is 0 Å². The molecule has 0 radical (unpaired) electrons. The first-order valence-corrected chi connectivity index (χ1v) is 7.56. The van der Waals surface area contributed by atoms with Crippen molar-refractivity contribution < 1.29 is 14.3 Å². The highest BCUT2D eigenvalue weighted by Crippen LogP contribution is 2.21. The number of amides is 1. The fourth-order valence-corrected chi connectivity index (χ4v) is 2.45. The Morgan fingerprint density at radius 2 is 1.87 bits per heavy atom. The van der Waals surface area contributed by atoms with Crippen molar-refractivity contribution >= 4 is 24.3 Å². The average Bonchev–Trinajstić information content (AvgIpc) is 2.53. The third-order valence-electron chi connectivity index (χ3n) is 3.92. The molecule has 0 aliphatic rings. The third-order valence-corrected chi connectivity index (χ3v) is 3.92. The van der Waals surface area contributed by atoms with E-state index in [0.717, 1.165) is 12.0 Å². The standard InChI is InChI=1S/C17H26N2O3.ClH/c1-5-11-17(3,16(21)22-4)19-15(20)12(2)14(18)13-9-7-6-8-10-13;/h6-10,12,14H,5,11,18H2,1-4H3,(H,19,20);1H. The highest BCUT2D eigenvalue weighted by molar-refractivity contribution is 5.88. The number of hydrogen-bond donors (Lipinski definition) is 2. The normalized spacial score (nSPS) is 15.5. The summed E-state index contributed by atoms with van der Waals surface area (Å²) in [5.41, 5.74) is 6.03. The van der Waals surface area contributed by atoms with Gasteiger partial charge in [-0.3, -0.25) is 4.79 Å². The summed E-state index contributed by atoms with van der Waals surface area (Å²) in [4.78, 5) is 24.4. The minimum atomic E-state index is -1.02. The van der Waals surface area contributed by atoms with Gasteiger partial charge in [0.1, 0.15) is 5.54 Å². The van der Waals surface area contributed by atoms with E-state index in [1.165, 1.54) is 7.11 Å². The Morgan fingerprint density at radius 3 is 2.35 bits per heavy atom. The number of nitrogens with two attached hydrogens (primary N) is 1. The van der Waals surface area contributed by atoms with E-state index in [9.17, 15) is 9.59 Å². The number of hydrogen-bond acceptors (Lipinski definition) is 4. The van der Waals surface area contributed by atoms with Gasteiger partial charge in [0.25, 0.3) is 0 Å². The smallest absolute Gasteiger partial charge is 0.331 e. The average molecular weight is 343 g/mol. The summed E-state index contributed by atoms with van der Waals surface area (Å²) < 4.78 is 4.81. The largest absolute Gasteiger partial charge is 0.467 e. The summed E-state index contributed by atoms with van der Waals surface area (Å²) in [6.07, 6.45) is 1.27. The van der Waals surface area contributed by atoms with Gasteiger partial charge in [-0.2, -0.15) is 0 Å². The van der Waals surface area contributed by atoms with Gasteiger partial charge in [-0.25, -0.2) is 4.79 Å². The predicted molar refractivity (Wildman–Crippen MR) is 93.3 cm³/mol. The second-order valence-electron chi connectivity index (χ2n) is 5.79. The summed E-state index contributed by atoms with van der Waals surface area (Å²) in [5, 5.41) is 2.80. The monoisotopic (exact) mass is 342 g/mol. The Kier molecular flexibility index (Phi) is 8.87. The van der Waals surface area contributed by atoms with Gasteiger partial charge in [-0.1, -0.05) is 50.6 Å². The quantitative estimate of drug-likeness (QED) is 0.746. The van der Waals surface area contributed by atoms with Gasteiger partial charge in [-0.05, 0) is 18.9 Å². The molecule has 0 saturated carbocycles. The minimum Gasteiger partial charge on any atom is -0.467 e. The first-order chi connectivity index (χ1) is 10.4. The molecule has 0 heterocycles. The molecule has 1 aromatic carbocycles. The Morgan fingerprint density at radius 1 is 1.30 bits per heavy atom. The van der Waals surface area contributed by atoms with Crippen molar-refractivity contribution in [3.05, 3.63) is 35.9 Å². The van der Waals surface area contributed by atoms with E-state index in [1.807, 2.05) is 37.3 Å². The third kappa shape index (κ3) is 5.52. The molecule has 0 aliphatic heterocycles. The van der Waals surface area contributed by atoms with E-state index in [4.69, 9.17) is 10.5 Å². The zero-order chi connectivity index (χ0) is 16.8. The van der Waals surface area contributed by atoms with Crippen molar-refractivity contribution in [2.45, 2.75) is 45.2 Å². The number of rotatable bonds is 7. The van der Waals surface area contributed by atoms with Crippen LogP contribution in [0, 0.1) is 5.92 Å². The minimum absolute atomic E-state index is 0. The Hall–Kier alpha value is -1.59. The molecule has 1 aromatic rings. The van der Waals surface area contributed by atoms with Gasteiger partial charge < -0.3 is 15.8 Å². The van der Waals surface area contributed by atoms with Gasteiger partial charge in [0, 0.05) is 6.04 Å². The van der Waals surface area contributed by atoms with Crippen LogP contribution in [0.4, 0.5) is 0 Å². The molecule has 1 rings (SSSR count). The molecule has 0 aromatic heterocycles. The van der Waals surface area contributed by atoms with Crippen LogP contribution in [0.1, 0.15) is 45.2 Å². The van der Waals surface area contributed by atoms with Crippen molar-refractivity contribution in [3.63, 3.8) is 0 Å². The molecule has 1 amide bonds. The van der Waals surface area contributed by atoms with Crippen molar-refractivity contribution in [1.82, 2.24) is 5.32 Å². The van der Waals surface area contributed by atoms with Gasteiger partial charge >= 0.3 is 5.97 Å². The maximum atomic E-state index is 12.5. The van der Waals surface area contributed by atoms with E-state index in [1.54, 1.807) is 13.8 Å². The fraction of sp³-hybridized carbons (Fsp3) is 0.529. The van der Waals surface area contributed by atoms with Gasteiger partial charge in [0.2, 0.25) is 5.91 Å². The van der Waals surface area contributed by atoms with Crippen LogP contribution in [-0.4, -0.2) is 24.5 Å². The molecule has 3 unspecified atom stereocenters. The maximum Gasteiger partial charge on any atom is 0.331 e. The second-order valence-corrected chi connectivity index (χ2v) is 5.79. The first-order valence-electron chi connectivity index (χ1n) is 7.56. The summed E-state index contributed by atoms with van der Waals surface area (Å²) in [5.74, 6) is -1.15. The molecule has 3 atom stereocenters. The first kappa shape index (κ1) is 21.4. The number of benzene rings is 1. The zero-order valence-corrected chi connectivity index (χ0v) is 15.0. The Balaban J connectivity index is 0.00000484. The predicted octanol–water partition coefficient (Wildman–Crippen LogP) is 2.59. The van der Waals surface area contributed by atoms with E-state index in [2.05, 4.69) is 5.32 Å². The summed E-state index contributed by atoms with van der Waals surface area (Å²) in [7, 11) is 1.32. The molecule has 6 heteroatoms. The van der Waals surface area contributed by atoms with Crippen LogP contribution >= 0.6 is 12.4 Å². The lowest BCUT2D eigenvalue weighted by molar-refractivity contribution is -0.151. The number of nitrogens with one attached hydrogen (secondary N) is 1. The molecule has 0 spiro atoms. The van der Waals surface area contributed by atoms with Crippen LogP contribution in [0.3, 0.4) is 0 Å². The number of ether oxygens (including phenoxy) is 1. The van der Waals surface area contributed by atoms with Crippen molar-refractivity contribution in [2.75, 3.05) is 7.11 Å². The van der Waals surface area contributed by atoms with Crippen LogP contribution in [-0.2, 0) is 14.3 Å². The molecule has 130 valence electrons. The van der Waals surface area contributed by atoms with Crippen molar-refractivity contribution in [2.24, 2.45) is 11.7 Å². The van der Waals surface area contributed by atoms with Crippen LogP contribution in [0.15, 0.2) is 30.3 Å². The van der Waals surface area contributed by atoms with Crippen molar-refractivity contribution in [1.29, 1.82) is 0 Å². The highest BCUT2D eigenvalue weighted by atomic mass is 35.5. The summed E-state index contributed by atoms with van der Waals surface area (Å²) >= 11 is 0. The lowest BCUT2D eigenvalue weighted by Gasteiger charge is -2.30. The molecule has 0 saturated heterocycles. The second kappa shape index (κ2) is 9.53. The van der Waals surface area contributed by atoms with E-state index >= 15 is 0 Å². The lowest BCUT2D eigenvalue weighted by Crippen LogP contribution is -2.54. The van der Waals surface area contributed by atoms with E-state index in [-0.39, 0.29) is 18.3 Å². The van der Waals surface area contributed by atoms with Crippen LogP contribution < -0.4 is 11.1 Å². The van der Waals surface area contributed by atoms with Crippen LogP contribution in [0.25, 0.3) is 0 Å². The summed E-state index contributed by atoms with van der Waals surface area (Å²) in [6, 6.07) is 9.02. The molecule has 0 bridgehead atoms. The SMILES string of the molecule is CCCC(C)(NC(=O)C(C)C(N)c1ccccc1)C(=O)OC.Cl. The molecule has 3 N–H and O–H groups in total. The molecular weight excluding hydrogens is 316 g/mol. The van der Waals surface area contributed by atoms with Gasteiger partial charge in [0.15, 0.2) is 0 Å². The number of methoxy groups -OCH3 is 1. The fourth-order valence-electron chi connectivity index (χ4n) is 2.45. The maximum absolute atomic E-state index is 12.5. The van der Waals surface area contributed by atoms with Crippen molar-refractivity contribution in [3.8, 4) is 0 Å². The van der Waals surface area contributed by atoms with E-state index < -0.39 is 23.5 Å². The number of halogens is 1.